The maximum absolute atomic E-state index is 14.8. The smallest absolute Gasteiger partial charge is 0.324 e. The van der Waals surface area contributed by atoms with Crippen molar-refractivity contribution in [1.82, 2.24) is 0 Å². The lowest BCUT2D eigenvalue weighted by Crippen LogP contribution is -2.31. The van der Waals surface area contributed by atoms with Crippen LogP contribution in [0.25, 0.3) is 33.2 Å². The molecular weight excluding hydrogens is 493 g/mol. The molecule has 0 bridgehead atoms. The molecule has 8 heteroatoms. The second-order valence-electron chi connectivity index (χ2n) is 8.46. The summed E-state index contributed by atoms with van der Waals surface area (Å²) >= 11 is -2.68. The van der Waals surface area contributed by atoms with Crippen molar-refractivity contribution in [3.8, 4) is 22.3 Å². The second kappa shape index (κ2) is 10.4. The zero-order valence-corrected chi connectivity index (χ0v) is 20.3. The molecule has 0 spiro atoms. The number of furan rings is 1. The monoisotopic (exact) mass is 515 g/mol. The van der Waals surface area contributed by atoms with Gasteiger partial charge in [-0.05, 0) is 40.5 Å². The highest BCUT2D eigenvalue weighted by molar-refractivity contribution is 7.80. The van der Waals surface area contributed by atoms with Gasteiger partial charge in [0.2, 0.25) is 0 Å². The third-order valence-electron chi connectivity index (χ3n) is 6.07. The summed E-state index contributed by atoms with van der Waals surface area (Å²) in [6, 6.07) is 29.7. The van der Waals surface area contributed by atoms with Crippen LogP contribution in [-0.2, 0) is 22.5 Å². The standard InChI is InChI=1S/C29H22FNO5S/c30-24-17-22(14-15-25(24)31(37(34)35)18-28(32)33)20-10-12-21(13-11-20)29-23-8-4-5-9-26(23)36-27(29)16-19-6-2-1-3-7-19/h1-15,17H,16,18H2,(H,32,33)(H,34,35). The normalized spacial score (nSPS) is 11.9. The lowest BCUT2D eigenvalue weighted by molar-refractivity contribution is -0.135. The number of fused-ring (bicyclic) bond motifs is 1. The van der Waals surface area contributed by atoms with Gasteiger partial charge in [0.05, 0.1) is 5.69 Å². The molecule has 0 saturated heterocycles. The van der Waals surface area contributed by atoms with Gasteiger partial charge in [-0.15, -0.1) is 0 Å². The molecule has 37 heavy (non-hydrogen) atoms. The van der Waals surface area contributed by atoms with Crippen LogP contribution < -0.4 is 4.31 Å². The molecule has 1 unspecified atom stereocenters. The fourth-order valence-electron chi connectivity index (χ4n) is 4.38. The van der Waals surface area contributed by atoms with E-state index in [0.717, 1.165) is 39.0 Å². The van der Waals surface area contributed by atoms with Gasteiger partial charge in [-0.2, -0.15) is 0 Å². The number of hydrogen-bond donors (Lipinski definition) is 2. The van der Waals surface area contributed by atoms with Crippen molar-refractivity contribution >= 4 is 33.9 Å². The van der Waals surface area contributed by atoms with E-state index in [4.69, 9.17) is 9.52 Å². The summed E-state index contributed by atoms with van der Waals surface area (Å²) in [5.41, 5.74) is 4.92. The number of carboxylic acid groups (broad SMARTS) is 1. The number of carboxylic acids is 1. The molecular formula is C29H22FNO5S. The zero-order chi connectivity index (χ0) is 25.9. The zero-order valence-electron chi connectivity index (χ0n) is 19.5. The van der Waals surface area contributed by atoms with E-state index in [-0.39, 0.29) is 5.69 Å². The van der Waals surface area contributed by atoms with Crippen molar-refractivity contribution in [1.29, 1.82) is 0 Å². The van der Waals surface area contributed by atoms with Crippen LogP contribution in [0.1, 0.15) is 11.3 Å². The predicted molar refractivity (Wildman–Crippen MR) is 142 cm³/mol. The summed E-state index contributed by atoms with van der Waals surface area (Å²) in [7, 11) is 0. The number of rotatable bonds is 8. The Kier molecular flexibility index (Phi) is 6.85. The van der Waals surface area contributed by atoms with Crippen LogP contribution in [0.2, 0.25) is 0 Å². The van der Waals surface area contributed by atoms with Crippen molar-refractivity contribution in [2.45, 2.75) is 6.42 Å². The summed E-state index contributed by atoms with van der Waals surface area (Å²) in [6.07, 6.45) is 0.637. The van der Waals surface area contributed by atoms with E-state index >= 15 is 0 Å². The Morgan fingerprint density at radius 1 is 0.865 bits per heavy atom. The lowest BCUT2D eigenvalue weighted by atomic mass is 9.96. The molecule has 5 aromatic rings. The number of halogens is 1. The first-order valence-corrected chi connectivity index (χ1v) is 12.5. The third-order valence-corrected chi connectivity index (χ3v) is 6.77. The first-order valence-electron chi connectivity index (χ1n) is 11.5. The summed E-state index contributed by atoms with van der Waals surface area (Å²) in [5, 5.41) is 9.98. The molecule has 0 aliphatic carbocycles. The van der Waals surface area contributed by atoms with Gasteiger partial charge < -0.3 is 9.52 Å². The van der Waals surface area contributed by atoms with Crippen molar-refractivity contribution in [2.24, 2.45) is 0 Å². The van der Waals surface area contributed by atoms with E-state index in [2.05, 4.69) is 12.1 Å². The van der Waals surface area contributed by atoms with Gasteiger partial charge in [-0.1, -0.05) is 78.9 Å². The van der Waals surface area contributed by atoms with E-state index in [0.29, 0.717) is 16.3 Å². The Hall–Kier alpha value is -4.27. The minimum atomic E-state index is -2.68. The van der Waals surface area contributed by atoms with Crippen LogP contribution in [0.3, 0.4) is 0 Å². The van der Waals surface area contributed by atoms with Gasteiger partial charge in [0.15, 0.2) is 0 Å². The molecule has 0 amide bonds. The second-order valence-corrected chi connectivity index (χ2v) is 9.37. The fourth-order valence-corrected chi connectivity index (χ4v) is 4.92. The maximum atomic E-state index is 14.8. The third kappa shape index (κ3) is 5.16. The molecule has 4 aromatic carbocycles. The number of benzene rings is 4. The average molecular weight is 516 g/mol. The number of anilines is 1. The van der Waals surface area contributed by atoms with Crippen molar-refractivity contribution in [3.63, 3.8) is 0 Å². The summed E-state index contributed by atoms with van der Waals surface area (Å²) in [4.78, 5) is 11.0. The lowest BCUT2D eigenvalue weighted by Gasteiger charge is -2.18. The van der Waals surface area contributed by atoms with Crippen molar-refractivity contribution in [3.05, 3.63) is 114 Å². The topological polar surface area (TPSA) is 91.0 Å². The molecule has 186 valence electrons. The number of nitrogens with zero attached hydrogens (tertiary/aromatic N) is 1. The first kappa shape index (κ1) is 24.4. The Morgan fingerprint density at radius 3 is 2.19 bits per heavy atom. The molecule has 0 aliphatic rings. The van der Waals surface area contributed by atoms with Crippen LogP contribution >= 0.6 is 0 Å². The van der Waals surface area contributed by atoms with Crippen LogP contribution in [0.15, 0.2) is 101 Å². The molecule has 0 fully saturated rings. The molecule has 6 nitrogen and oxygen atoms in total. The number of carbonyl (C=O) groups is 1. The minimum absolute atomic E-state index is 0.265. The average Bonchev–Trinajstić information content (AvgIpc) is 3.25. The van der Waals surface area contributed by atoms with Crippen molar-refractivity contribution < 1.29 is 27.5 Å². The minimum Gasteiger partial charge on any atom is -0.480 e. The fraction of sp³-hybridized carbons (Fsp3) is 0.0690. The number of para-hydroxylation sites is 1. The molecule has 0 aliphatic heterocycles. The summed E-state index contributed by atoms with van der Waals surface area (Å²) in [5.74, 6) is -1.29. The van der Waals surface area contributed by atoms with Crippen molar-refractivity contribution in [2.75, 3.05) is 10.8 Å². The Balaban J connectivity index is 1.49. The molecule has 5 rings (SSSR count). The molecule has 2 N–H and O–H groups in total. The Morgan fingerprint density at radius 2 is 1.51 bits per heavy atom. The Labute approximate surface area is 215 Å². The SMILES string of the molecule is O=C(O)CN(c1ccc(-c2ccc(-c3c(Cc4ccccc4)oc4ccccc34)cc2)cc1F)S(=O)O. The largest absolute Gasteiger partial charge is 0.480 e. The molecule has 1 aromatic heterocycles. The van der Waals surface area contributed by atoms with E-state index < -0.39 is 29.6 Å². The van der Waals surface area contributed by atoms with Crippen LogP contribution in [0, 0.1) is 5.82 Å². The first-order chi connectivity index (χ1) is 17.9. The van der Waals surface area contributed by atoms with E-state index in [9.17, 15) is 17.9 Å². The van der Waals surface area contributed by atoms with E-state index in [1.54, 1.807) is 6.07 Å². The molecule has 1 heterocycles. The molecule has 0 radical (unpaired) electrons. The van der Waals surface area contributed by atoms with Gasteiger partial charge in [0.1, 0.15) is 23.7 Å². The molecule has 1 atom stereocenters. The number of hydrogen-bond acceptors (Lipinski definition) is 3. The van der Waals surface area contributed by atoms with Gasteiger partial charge in [-0.3, -0.25) is 13.7 Å². The quantitative estimate of drug-likeness (QED) is 0.230. The maximum Gasteiger partial charge on any atom is 0.324 e. The highest BCUT2D eigenvalue weighted by Gasteiger charge is 2.21. The van der Waals surface area contributed by atoms with Gasteiger partial charge in [0.25, 0.3) is 11.3 Å². The van der Waals surface area contributed by atoms with E-state index in [1.165, 1.54) is 12.1 Å². The highest BCUT2D eigenvalue weighted by Crippen LogP contribution is 2.37. The molecule has 0 saturated carbocycles. The Bertz CT molecular complexity index is 1600. The van der Waals surface area contributed by atoms with Gasteiger partial charge in [0, 0.05) is 17.4 Å². The number of aliphatic carboxylic acids is 1. The van der Waals surface area contributed by atoms with Crippen LogP contribution in [0.5, 0.6) is 0 Å². The van der Waals surface area contributed by atoms with Crippen LogP contribution in [-0.4, -0.2) is 26.4 Å². The van der Waals surface area contributed by atoms with Gasteiger partial charge >= 0.3 is 5.97 Å². The van der Waals surface area contributed by atoms with Gasteiger partial charge in [-0.25, -0.2) is 8.60 Å². The highest BCUT2D eigenvalue weighted by atomic mass is 32.2. The van der Waals surface area contributed by atoms with Crippen LogP contribution in [0.4, 0.5) is 10.1 Å². The predicted octanol–water partition coefficient (Wildman–Crippen LogP) is 6.52. The summed E-state index contributed by atoms with van der Waals surface area (Å²) < 4.78 is 42.6. The summed E-state index contributed by atoms with van der Waals surface area (Å²) in [6.45, 7) is -0.807. The van der Waals surface area contributed by atoms with E-state index in [1.807, 2.05) is 66.7 Å².